The average Bonchev–Trinajstić information content (AvgIpc) is 3.07. The van der Waals surface area contributed by atoms with Crippen molar-refractivity contribution in [1.82, 2.24) is 19.7 Å². The van der Waals surface area contributed by atoms with Crippen molar-refractivity contribution in [2.75, 3.05) is 18.4 Å². The molecule has 1 fully saturated rings. The highest BCUT2D eigenvalue weighted by molar-refractivity contribution is 5.93. The van der Waals surface area contributed by atoms with Crippen LogP contribution in [0.1, 0.15) is 44.3 Å². The van der Waals surface area contributed by atoms with Gasteiger partial charge >= 0.3 is 5.69 Å². The van der Waals surface area contributed by atoms with E-state index in [1.54, 1.807) is 9.47 Å². The summed E-state index contributed by atoms with van der Waals surface area (Å²) in [4.78, 5) is 38.1. The minimum absolute atomic E-state index is 0.0381. The van der Waals surface area contributed by atoms with Crippen LogP contribution in [0.15, 0.2) is 35.1 Å². The molecule has 144 valence electrons. The number of amides is 2. The summed E-state index contributed by atoms with van der Waals surface area (Å²) in [6.45, 7) is 3.66. The highest BCUT2D eigenvalue weighted by Gasteiger charge is 2.28. The third kappa shape index (κ3) is 4.64. The molecule has 2 heterocycles. The first-order valence-electron chi connectivity index (χ1n) is 9.36. The van der Waals surface area contributed by atoms with Crippen molar-refractivity contribution in [3.8, 4) is 0 Å². The van der Waals surface area contributed by atoms with Crippen molar-refractivity contribution in [1.29, 1.82) is 0 Å². The molecule has 0 bridgehead atoms. The van der Waals surface area contributed by atoms with Gasteiger partial charge in [-0.05, 0) is 31.9 Å². The fraction of sp³-hybridized carbons (Fsp3) is 0.474. The maximum Gasteiger partial charge on any atom is 0.343 e. The van der Waals surface area contributed by atoms with Crippen LogP contribution < -0.4 is 11.0 Å². The summed E-state index contributed by atoms with van der Waals surface area (Å²) in [6.07, 6.45) is 2.07. The lowest BCUT2D eigenvalue weighted by Crippen LogP contribution is -2.40. The molecular weight excluding hydrogens is 346 g/mol. The number of benzene rings is 1. The number of para-hydroxylation sites is 1. The molecule has 0 saturated carbocycles. The summed E-state index contributed by atoms with van der Waals surface area (Å²) in [5.41, 5.74) is 0.512. The minimum atomic E-state index is -0.214. The zero-order chi connectivity index (χ0) is 19.2. The zero-order valence-corrected chi connectivity index (χ0v) is 15.5. The number of likely N-dealkylation sites (tertiary alicyclic amines) is 1. The van der Waals surface area contributed by atoms with Crippen LogP contribution >= 0.6 is 0 Å². The summed E-state index contributed by atoms with van der Waals surface area (Å²) in [7, 11) is 0. The maximum atomic E-state index is 12.5. The predicted molar refractivity (Wildman–Crippen MR) is 101 cm³/mol. The zero-order valence-electron chi connectivity index (χ0n) is 15.5. The van der Waals surface area contributed by atoms with Crippen LogP contribution in [0.4, 0.5) is 5.69 Å². The van der Waals surface area contributed by atoms with Crippen LogP contribution in [0.2, 0.25) is 0 Å². The van der Waals surface area contributed by atoms with E-state index in [4.69, 9.17) is 0 Å². The first-order chi connectivity index (χ1) is 13.1. The van der Waals surface area contributed by atoms with E-state index < -0.39 is 0 Å². The Bertz CT molecular complexity index is 843. The van der Waals surface area contributed by atoms with Crippen molar-refractivity contribution in [2.45, 2.75) is 45.1 Å². The molecule has 1 aromatic heterocycles. The molecule has 8 heteroatoms. The topological polar surface area (TPSA) is 100 Å². The van der Waals surface area contributed by atoms with Gasteiger partial charge in [-0.3, -0.25) is 14.2 Å². The second-order valence-electron chi connectivity index (χ2n) is 6.72. The van der Waals surface area contributed by atoms with Crippen molar-refractivity contribution in [3.63, 3.8) is 0 Å². The summed E-state index contributed by atoms with van der Waals surface area (Å²) < 4.78 is 1.62. The maximum absolute atomic E-state index is 12.5. The number of hydrogen-bond acceptors (Lipinski definition) is 4. The Labute approximate surface area is 157 Å². The van der Waals surface area contributed by atoms with E-state index in [0.717, 1.165) is 18.5 Å². The molecule has 1 aliphatic rings. The lowest BCUT2D eigenvalue weighted by molar-refractivity contribution is -0.134. The predicted octanol–water partition coefficient (Wildman–Crippen LogP) is 1.72. The van der Waals surface area contributed by atoms with Crippen LogP contribution in [-0.2, 0) is 16.1 Å². The monoisotopic (exact) mass is 371 g/mol. The highest BCUT2D eigenvalue weighted by atomic mass is 16.2. The minimum Gasteiger partial charge on any atom is -0.342 e. The number of anilines is 1. The highest BCUT2D eigenvalue weighted by Crippen LogP contribution is 2.25. The van der Waals surface area contributed by atoms with E-state index in [-0.39, 0.29) is 36.3 Å². The van der Waals surface area contributed by atoms with Gasteiger partial charge in [0.05, 0.1) is 0 Å². The van der Waals surface area contributed by atoms with Gasteiger partial charge in [0.2, 0.25) is 11.8 Å². The van der Waals surface area contributed by atoms with E-state index >= 15 is 0 Å². The van der Waals surface area contributed by atoms with Crippen molar-refractivity contribution >= 4 is 17.5 Å². The Morgan fingerprint density at radius 2 is 2.04 bits per heavy atom. The second-order valence-corrected chi connectivity index (χ2v) is 6.72. The molecule has 8 nitrogen and oxygen atoms in total. The number of aromatic nitrogens is 3. The van der Waals surface area contributed by atoms with Gasteiger partial charge in [-0.25, -0.2) is 9.89 Å². The summed E-state index contributed by atoms with van der Waals surface area (Å²) in [5.74, 6) is 0.542. The van der Waals surface area contributed by atoms with Gasteiger partial charge in [0.15, 0.2) is 0 Å². The molecule has 0 radical (unpaired) electrons. The quantitative estimate of drug-likeness (QED) is 0.807. The van der Waals surface area contributed by atoms with Gasteiger partial charge in [0.25, 0.3) is 0 Å². The normalized spacial score (nSPS) is 16.9. The van der Waals surface area contributed by atoms with E-state index in [1.807, 2.05) is 37.3 Å². The van der Waals surface area contributed by atoms with Gasteiger partial charge in [-0.1, -0.05) is 18.2 Å². The number of nitrogens with one attached hydrogen (secondary N) is 2. The van der Waals surface area contributed by atoms with Crippen LogP contribution in [0.25, 0.3) is 0 Å². The molecule has 3 rings (SSSR count). The molecule has 0 spiro atoms. The van der Waals surface area contributed by atoms with Gasteiger partial charge in [0.1, 0.15) is 5.82 Å². The van der Waals surface area contributed by atoms with Crippen molar-refractivity contribution in [3.05, 3.63) is 46.6 Å². The third-order valence-electron chi connectivity index (χ3n) is 4.87. The first kappa shape index (κ1) is 18.9. The standard InChI is InChI=1S/C19H25N5O3/c1-2-24-18(21-22-19(24)27)14-7-6-12-23(13-14)17(26)11-10-16(25)20-15-8-4-3-5-9-15/h3-5,8-9,14H,2,6-7,10-13H2,1H3,(H,20,25)(H,22,27)/t14-/m0/s1. The number of carbonyl (C=O) groups is 2. The lowest BCUT2D eigenvalue weighted by Gasteiger charge is -2.32. The molecule has 1 aliphatic heterocycles. The molecule has 1 saturated heterocycles. The number of carbonyl (C=O) groups excluding carboxylic acids is 2. The second kappa shape index (κ2) is 8.66. The number of nitrogens with zero attached hydrogens (tertiary/aromatic N) is 3. The summed E-state index contributed by atoms with van der Waals surface area (Å²) >= 11 is 0. The fourth-order valence-corrected chi connectivity index (χ4v) is 3.49. The Balaban J connectivity index is 1.54. The van der Waals surface area contributed by atoms with Gasteiger partial charge in [-0.2, -0.15) is 5.10 Å². The lowest BCUT2D eigenvalue weighted by atomic mass is 9.96. The fourth-order valence-electron chi connectivity index (χ4n) is 3.49. The summed E-state index contributed by atoms with van der Waals surface area (Å²) in [6, 6.07) is 9.20. The Morgan fingerprint density at radius 1 is 1.26 bits per heavy atom. The Morgan fingerprint density at radius 3 is 2.78 bits per heavy atom. The molecule has 1 aromatic carbocycles. The van der Waals surface area contributed by atoms with Gasteiger partial charge in [0, 0.05) is 44.1 Å². The van der Waals surface area contributed by atoms with Crippen molar-refractivity contribution in [2.24, 2.45) is 0 Å². The largest absolute Gasteiger partial charge is 0.343 e. The number of hydrogen-bond donors (Lipinski definition) is 2. The van der Waals surface area contributed by atoms with E-state index in [1.165, 1.54) is 0 Å². The molecule has 0 unspecified atom stereocenters. The van der Waals surface area contributed by atoms with Gasteiger partial charge < -0.3 is 10.2 Å². The molecule has 2 aromatic rings. The summed E-state index contributed by atoms with van der Waals surface area (Å²) in [5, 5.41) is 9.43. The molecule has 27 heavy (non-hydrogen) atoms. The number of aromatic amines is 1. The molecular formula is C19H25N5O3. The average molecular weight is 371 g/mol. The van der Waals surface area contributed by atoms with Crippen LogP contribution in [0.5, 0.6) is 0 Å². The van der Waals surface area contributed by atoms with E-state index in [0.29, 0.717) is 25.5 Å². The van der Waals surface area contributed by atoms with Gasteiger partial charge in [-0.15, -0.1) is 0 Å². The number of rotatable bonds is 6. The first-order valence-corrected chi connectivity index (χ1v) is 9.36. The van der Waals surface area contributed by atoms with E-state index in [9.17, 15) is 14.4 Å². The number of H-pyrrole nitrogens is 1. The Hall–Kier alpha value is -2.90. The molecule has 1 atom stereocenters. The molecule has 2 N–H and O–H groups in total. The number of piperidine rings is 1. The molecule has 0 aliphatic carbocycles. The van der Waals surface area contributed by atoms with Crippen molar-refractivity contribution < 1.29 is 9.59 Å². The van der Waals surface area contributed by atoms with Crippen LogP contribution in [-0.4, -0.2) is 44.6 Å². The van der Waals surface area contributed by atoms with Crippen LogP contribution in [0, 0.1) is 0 Å². The Kier molecular flexibility index (Phi) is 6.05. The van der Waals surface area contributed by atoms with Crippen LogP contribution in [0.3, 0.4) is 0 Å². The van der Waals surface area contributed by atoms with E-state index in [2.05, 4.69) is 15.5 Å². The third-order valence-corrected chi connectivity index (χ3v) is 4.87. The smallest absolute Gasteiger partial charge is 0.342 e. The SMILES string of the molecule is CCn1c([C@H]2CCCN(C(=O)CCC(=O)Nc3ccccc3)C2)n[nH]c1=O. The molecule has 2 amide bonds.